The topological polar surface area (TPSA) is 39.8 Å². The molecule has 1 aliphatic heterocycles. The van der Waals surface area contributed by atoms with Crippen molar-refractivity contribution in [2.75, 3.05) is 6.54 Å². The van der Waals surface area contributed by atoms with E-state index in [2.05, 4.69) is 39.9 Å². The fourth-order valence-electron chi connectivity index (χ4n) is 4.49. The fourth-order valence-corrected chi connectivity index (χ4v) is 4.49. The SMILES string of the molecule is CCCCCCCCCCCC[NH2+]C1CC(C)(C)N([O])C(C)(C)C1. The highest BCUT2D eigenvalue weighted by Crippen LogP contribution is 2.35. The first-order chi connectivity index (χ1) is 11.3. The summed E-state index contributed by atoms with van der Waals surface area (Å²) in [7, 11) is 0. The third-order valence-electron chi connectivity index (χ3n) is 5.68. The van der Waals surface area contributed by atoms with Crippen molar-refractivity contribution in [1.29, 1.82) is 0 Å². The highest BCUT2D eigenvalue weighted by Gasteiger charge is 2.47. The van der Waals surface area contributed by atoms with E-state index < -0.39 is 0 Å². The minimum absolute atomic E-state index is 0.222. The van der Waals surface area contributed by atoms with Crippen LogP contribution in [0, 0.1) is 0 Å². The maximum Gasteiger partial charge on any atom is 0.0896 e. The first-order valence-electron chi connectivity index (χ1n) is 10.6. The Kier molecular flexibility index (Phi) is 9.84. The van der Waals surface area contributed by atoms with E-state index in [9.17, 15) is 5.21 Å². The Hall–Kier alpha value is -0.120. The number of nitrogens with two attached hydrogens (primary N) is 1. The standard InChI is InChI=1S/C21H43N2O/c1-6-7-8-9-10-11-12-13-14-15-16-22-19-17-20(2,3)23(24)21(4,5)18-19/h19,22H,6-18H2,1-5H3/p+1. The summed E-state index contributed by atoms with van der Waals surface area (Å²) >= 11 is 0. The second-order valence-corrected chi connectivity index (χ2v) is 9.29. The Morgan fingerprint density at radius 1 is 0.792 bits per heavy atom. The number of piperidine rings is 1. The molecule has 1 aliphatic rings. The van der Waals surface area contributed by atoms with Crippen LogP contribution < -0.4 is 5.32 Å². The van der Waals surface area contributed by atoms with E-state index in [0.717, 1.165) is 12.8 Å². The van der Waals surface area contributed by atoms with E-state index in [1.54, 1.807) is 0 Å². The van der Waals surface area contributed by atoms with E-state index in [0.29, 0.717) is 6.04 Å². The normalized spacial score (nSPS) is 21.2. The van der Waals surface area contributed by atoms with Crippen molar-refractivity contribution in [2.45, 2.75) is 129 Å². The number of hydrogen-bond acceptors (Lipinski definition) is 1. The lowest BCUT2D eigenvalue weighted by atomic mass is 9.79. The first-order valence-corrected chi connectivity index (χ1v) is 10.6. The third kappa shape index (κ3) is 7.84. The zero-order valence-electron chi connectivity index (χ0n) is 17.2. The van der Waals surface area contributed by atoms with Crippen molar-refractivity contribution in [1.82, 2.24) is 5.06 Å². The Morgan fingerprint density at radius 3 is 1.67 bits per heavy atom. The number of nitrogens with zero attached hydrogens (tertiary/aromatic N) is 1. The van der Waals surface area contributed by atoms with Gasteiger partial charge in [0.1, 0.15) is 0 Å². The van der Waals surface area contributed by atoms with E-state index in [1.165, 1.54) is 75.8 Å². The molecule has 0 amide bonds. The molecule has 0 saturated carbocycles. The van der Waals surface area contributed by atoms with Gasteiger partial charge in [-0.3, -0.25) is 0 Å². The van der Waals surface area contributed by atoms with Gasteiger partial charge in [0.15, 0.2) is 0 Å². The van der Waals surface area contributed by atoms with Gasteiger partial charge in [-0.15, -0.1) is 10.3 Å². The molecule has 1 fully saturated rings. The minimum atomic E-state index is -0.222. The van der Waals surface area contributed by atoms with E-state index in [4.69, 9.17) is 0 Å². The predicted octanol–water partition coefficient (Wildman–Crippen LogP) is 4.84. The highest BCUT2D eigenvalue weighted by atomic mass is 16.5. The van der Waals surface area contributed by atoms with Crippen LogP contribution in [0.5, 0.6) is 0 Å². The molecule has 0 aliphatic carbocycles. The molecule has 0 aromatic heterocycles. The molecule has 0 bridgehead atoms. The number of rotatable bonds is 12. The van der Waals surface area contributed by atoms with Gasteiger partial charge >= 0.3 is 0 Å². The largest absolute Gasteiger partial charge is 0.344 e. The lowest BCUT2D eigenvalue weighted by molar-refractivity contribution is -0.697. The van der Waals surface area contributed by atoms with Crippen LogP contribution in [0.1, 0.15) is 112 Å². The average Bonchev–Trinajstić information content (AvgIpc) is 2.50. The molecule has 1 radical (unpaired) electrons. The second-order valence-electron chi connectivity index (χ2n) is 9.29. The van der Waals surface area contributed by atoms with Crippen LogP contribution in [-0.4, -0.2) is 28.7 Å². The van der Waals surface area contributed by atoms with Crippen molar-refractivity contribution in [2.24, 2.45) is 0 Å². The second kappa shape index (κ2) is 10.8. The Balaban J connectivity index is 2.03. The van der Waals surface area contributed by atoms with Gasteiger partial charge in [0.05, 0.1) is 12.6 Å². The first kappa shape index (κ1) is 21.9. The summed E-state index contributed by atoms with van der Waals surface area (Å²) in [6.07, 6.45) is 16.0. The molecule has 0 unspecified atom stereocenters. The number of quaternary nitrogens is 1. The van der Waals surface area contributed by atoms with Gasteiger partial charge in [-0.05, 0) is 40.5 Å². The number of hydrogen-bond donors (Lipinski definition) is 1. The third-order valence-corrected chi connectivity index (χ3v) is 5.68. The van der Waals surface area contributed by atoms with Crippen molar-refractivity contribution in [3.05, 3.63) is 0 Å². The van der Waals surface area contributed by atoms with Gasteiger partial charge in [-0.1, -0.05) is 58.3 Å². The van der Waals surface area contributed by atoms with Gasteiger partial charge in [0.25, 0.3) is 0 Å². The summed E-state index contributed by atoms with van der Waals surface area (Å²) in [5.74, 6) is 0. The molecule has 0 atom stereocenters. The van der Waals surface area contributed by atoms with Gasteiger partial charge < -0.3 is 5.32 Å². The van der Waals surface area contributed by atoms with Crippen LogP contribution in [0.2, 0.25) is 0 Å². The highest BCUT2D eigenvalue weighted by molar-refractivity contribution is 4.95. The quantitative estimate of drug-likeness (QED) is 0.507. The van der Waals surface area contributed by atoms with Gasteiger partial charge in [0, 0.05) is 23.9 Å². The van der Waals surface area contributed by atoms with Crippen molar-refractivity contribution >= 4 is 0 Å². The maximum atomic E-state index is 12.4. The molecule has 24 heavy (non-hydrogen) atoms. The molecule has 143 valence electrons. The van der Waals surface area contributed by atoms with Crippen molar-refractivity contribution in [3.63, 3.8) is 0 Å². The molecule has 3 heteroatoms. The predicted molar refractivity (Wildman–Crippen MR) is 102 cm³/mol. The summed E-state index contributed by atoms with van der Waals surface area (Å²) < 4.78 is 0. The minimum Gasteiger partial charge on any atom is -0.344 e. The maximum absolute atomic E-state index is 12.4. The van der Waals surface area contributed by atoms with Gasteiger partial charge in [0.2, 0.25) is 0 Å². The molecular formula is C21H44N2O+. The Morgan fingerprint density at radius 2 is 1.21 bits per heavy atom. The van der Waals surface area contributed by atoms with Crippen LogP contribution >= 0.6 is 0 Å². The molecule has 1 saturated heterocycles. The monoisotopic (exact) mass is 340 g/mol. The lowest BCUT2D eigenvalue weighted by Gasteiger charge is -2.48. The van der Waals surface area contributed by atoms with Crippen LogP contribution in [0.3, 0.4) is 0 Å². The number of hydroxylamine groups is 2. The molecule has 3 nitrogen and oxygen atoms in total. The molecule has 0 spiro atoms. The van der Waals surface area contributed by atoms with Crippen LogP contribution in [0.25, 0.3) is 0 Å². The van der Waals surface area contributed by atoms with Crippen LogP contribution in [0.15, 0.2) is 0 Å². The lowest BCUT2D eigenvalue weighted by Crippen LogP contribution is -2.92. The summed E-state index contributed by atoms with van der Waals surface area (Å²) in [5, 5.41) is 16.2. The van der Waals surface area contributed by atoms with Crippen molar-refractivity contribution < 1.29 is 10.5 Å². The molecule has 2 N–H and O–H groups in total. The Bertz CT molecular complexity index is 310. The summed E-state index contributed by atoms with van der Waals surface area (Å²) in [6, 6.07) is 0.610. The van der Waals surface area contributed by atoms with Crippen molar-refractivity contribution in [3.8, 4) is 0 Å². The van der Waals surface area contributed by atoms with Crippen LogP contribution in [0.4, 0.5) is 0 Å². The smallest absolute Gasteiger partial charge is 0.0896 e. The molecule has 1 rings (SSSR count). The summed E-state index contributed by atoms with van der Waals surface area (Å²) in [6.45, 7) is 11.9. The fraction of sp³-hybridized carbons (Fsp3) is 1.00. The Labute approximate surface area is 151 Å². The molecule has 0 aromatic carbocycles. The molecular weight excluding hydrogens is 296 g/mol. The molecule has 1 heterocycles. The van der Waals surface area contributed by atoms with E-state index in [1.807, 2.05) is 0 Å². The van der Waals surface area contributed by atoms with Gasteiger partial charge in [-0.25, -0.2) is 0 Å². The molecule has 0 aromatic rings. The zero-order chi connectivity index (χ0) is 18.1. The summed E-state index contributed by atoms with van der Waals surface area (Å²) in [4.78, 5) is 0. The van der Waals surface area contributed by atoms with E-state index >= 15 is 0 Å². The number of unbranched alkanes of at least 4 members (excludes halogenated alkanes) is 9. The van der Waals surface area contributed by atoms with Crippen LogP contribution in [-0.2, 0) is 5.21 Å². The summed E-state index contributed by atoms with van der Waals surface area (Å²) in [5.41, 5.74) is -0.443. The van der Waals surface area contributed by atoms with Gasteiger partial charge in [-0.2, -0.15) is 0 Å². The zero-order valence-corrected chi connectivity index (χ0v) is 17.2. The van der Waals surface area contributed by atoms with E-state index in [-0.39, 0.29) is 11.1 Å². The average molecular weight is 341 g/mol.